The number of ether oxygens (including phenoxy) is 2. The number of aromatic nitrogens is 1. The lowest BCUT2D eigenvalue weighted by Crippen LogP contribution is -2.11. The largest absolute Gasteiger partial charge is 0.490 e. The fraction of sp³-hybridized carbons (Fsp3) is 0.174. The number of para-hydroxylation sites is 1. The number of rotatable bonds is 5. The SMILES string of the molecule is Cc1ccc(S(=O)(=O)n2ccc(C(=O)/C=C/c3cccc4c3OCCCO4)c2)cc1. The number of aryl methyl sites for hydroxylation is 1. The van der Waals surface area contributed by atoms with Crippen LogP contribution in [0.4, 0.5) is 0 Å². The van der Waals surface area contributed by atoms with E-state index >= 15 is 0 Å². The van der Waals surface area contributed by atoms with Crippen LogP contribution in [0.2, 0.25) is 0 Å². The Morgan fingerprint density at radius 1 is 1.03 bits per heavy atom. The number of carbonyl (C=O) groups excluding carboxylic acids is 1. The molecule has 0 spiro atoms. The Morgan fingerprint density at radius 2 is 1.80 bits per heavy atom. The van der Waals surface area contributed by atoms with E-state index in [2.05, 4.69) is 0 Å². The standard InChI is InChI=1S/C23H21NO5S/c1-17-6-9-20(10-7-17)30(26,27)24-13-12-19(16-24)21(25)11-8-18-4-2-5-22-23(18)29-15-3-14-28-22/h2,4-13,16H,3,14-15H2,1H3/b11-8+. The van der Waals surface area contributed by atoms with E-state index in [-0.39, 0.29) is 16.2 Å². The van der Waals surface area contributed by atoms with Crippen LogP contribution in [0, 0.1) is 6.92 Å². The molecular formula is C23H21NO5S. The van der Waals surface area contributed by atoms with Gasteiger partial charge in [0.25, 0.3) is 10.0 Å². The maximum absolute atomic E-state index is 12.8. The molecule has 4 rings (SSSR count). The van der Waals surface area contributed by atoms with Crippen LogP contribution >= 0.6 is 0 Å². The van der Waals surface area contributed by atoms with Gasteiger partial charge in [0.2, 0.25) is 0 Å². The van der Waals surface area contributed by atoms with E-state index in [1.807, 2.05) is 25.1 Å². The molecule has 3 aromatic rings. The molecule has 154 valence electrons. The summed E-state index contributed by atoms with van der Waals surface area (Å²) in [5, 5.41) is 0. The van der Waals surface area contributed by atoms with Gasteiger partial charge in [0.15, 0.2) is 17.3 Å². The number of allylic oxidation sites excluding steroid dienone is 1. The summed E-state index contributed by atoms with van der Waals surface area (Å²) in [6.07, 6.45) is 6.55. The van der Waals surface area contributed by atoms with Crippen molar-refractivity contribution in [2.24, 2.45) is 0 Å². The molecule has 0 N–H and O–H groups in total. The van der Waals surface area contributed by atoms with Gasteiger partial charge in [-0.2, -0.15) is 0 Å². The van der Waals surface area contributed by atoms with Gasteiger partial charge in [-0.3, -0.25) is 4.79 Å². The summed E-state index contributed by atoms with van der Waals surface area (Å²) < 4.78 is 38.0. The van der Waals surface area contributed by atoms with E-state index in [9.17, 15) is 13.2 Å². The van der Waals surface area contributed by atoms with E-state index in [0.717, 1.165) is 21.5 Å². The van der Waals surface area contributed by atoms with Gasteiger partial charge in [-0.15, -0.1) is 0 Å². The summed E-state index contributed by atoms with van der Waals surface area (Å²) in [6.45, 7) is 3.02. The molecule has 0 bridgehead atoms. The third-order valence-electron chi connectivity index (χ3n) is 4.76. The van der Waals surface area contributed by atoms with Gasteiger partial charge in [0.05, 0.1) is 18.1 Å². The Labute approximate surface area is 175 Å². The van der Waals surface area contributed by atoms with E-state index in [0.29, 0.717) is 24.7 Å². The Morgan fingerprint density at radius 3 is 2.60 bits per heavy atom. The number of hydrogen-bond donors (Lipinski definition) is 0. The molecule has 1 aromatic heterocycles. The summed E-state index contributed by atoms with van der Waals surface area (Å²) in [5.41, 5.74) is 1.98. The lowest BCUT2D eigenvalue weighted by atomic mass is 10.1. The fourth-order valence-corrected chi connectivity index (χ4v) is 4.31. The molecule has 1 aliphatic heterocycles. The van der Waals surface area contributed by atoms with Crippen molar-refractivity contribution in [3.63, 3.8) is 0 Å². The molecule has 1 aliphatic rings. The van der Waals surface area contributed by atoms with Crippen molar-refractivity contribution in [2.75, 3.05) is 13.2 Å². The van der Waals surface area contributed by atoms with Crippen LogP contribution in [0.3, 0.4) is 0 Å². The predicted molar refractivity (Wildman–Crippen MR) is 114 cm³/mol. The van der Waals surface area contributed by atoms with Gasteiger partial charge in [0, 0.05) is 29.9 Å². The van der Waals surface area contributed by atoms with Crippen LogP contribution in [0.25, 0.3) is 6.08 Å². The summed E-state index contributed by atoms with van der Waals surface area (Å²) in [4.78, 5) is 12.8. The molecule has 0 saturated carbocycles. The lowest BCUT2D eigenvalue weighted by molar-refractivity contribution is 0.104. The number of fused-ring (bicyclic) bond motifs is 1. The first-order valence-corrected chi connectivity index (χ1v) is 11.0. The van der Waals surface area contributed by atoms with Crippen molar-refractivity contribution in [2.45, 2.75) is 18.2 Å². The fourth-order valence-electron chi connectivity index (χ4n) is 3.11. The average Bonchev–Trinajstić information content (AvgIpc) is 3.12. The minimum absolute atomic E-state index is 0.169. The van der Waals surface area contributed by atoms with E-state index in [1.54, 1.807) is 30.3 Å². The number of hydrogen-bond acceptors (Lipinski definition) is 5. The first kappa shape index (κ1) is 20.0. The van der Waals surface area contributed by atoms with E-state index in [4.69, 9.17) is 9.47 Å². The summed E-state index contributed by atoms with van der Waals surface area (Å²) >= 11 is 0. The Bertz CT molecular complexity index is 1210. The molecule has 0 aliphatic carbocycles. The molecule has 0 atom stereocenters. The lowest BCUT2D eigenvalue weighted by Gasteiger charge is -2.09. The van der Waals surface area contributed by atoms with Crippen LogP contribution in [0.1, 0.15) is 27.9 Å². The monoisotopic (exact) mass is 423 g/mol. The molecule has 2 aromatic carbocycles. The maximum atomic E-state index is 12.8. The molecular weight excluding hydrogens is 402 g/mol. The van der Waals surface area contributed by atoms with Gasteiger partial charge >= 0.3 is 0 Å². The van der Waals surface area contributed by atoms with Gasteiger partial charge < -0.3 is 9.47 Å². The Hall–Kier alpha value is -3.32. The first-order valence-electron chi connectivity index (χ1n) is 9.56. The molecule has 0 saturated heterocycles. The number of carbonyl (C=O) groups is 1. The third-order valence-corrected chi connectivity index (χ3v) is 6.41. The molecule has 6 nitrogen and oxygen atoms in total. The van der Waals surface area contributed by atoms with Crippen LogP contribution in [0.15, 0.2) is 71.9 Å². The number of benzene rings is 2. The first-order chi connectivity index (χ1) is 14.4. The molecule has 0 radical (unpaired) electrons. The number of nitrogens with zero attached hydrogens (tertiary/aromatic N) is 1. The minimum atomic E-state index is -3.75. The minimum Gasteiger partial charge on any atom is -0.490 e. The highest BCUT2D eigenvalue weighted by molar-refractivity contribution is 7.90. The molecule has 30 heavy (non-hydrogen) atoms. The van der Waals surface area contributed by atoms with E-state index in [1.165, 1.54) is 24.5 Å². The van der Waals surface area contributed by atoms with Crippen LogP contribution in [0.5, 0.6) is 11.5 Å². The van der Waals surface area contributed by atoms with E-state index < -0.39 is 10.0 Å². The summed E-state index contributed by atoms with van der Waals surface area (Å²) in [7, 11) is -3.75. The highest BCUT2D eigenvalue weighted by Crippen LogP contribution is 2.34. The Balaban J connectivity index is 1.56. The molecule has 0 amide bonds. The van der Waals surface area contributed by atoms with Crippen molar-refractivity contribution >= 4 is 21.9 Å². The second kappa shape index (κ2) is 8.20. The highest BCUT2D eigenvalue weighted by Gasteiger charge is 2.18. The smallest absolute Gasteiger partial charge is 0.267 e. The van der Waals surface area contributed by atoms with Gasteiger partial charge in [-0.05, 0) is 43.3 Å². The normalized spacial score (nSPS) is 13.9. The van der Waals surface area contributed by atoms with Crippen LogP contribution < -0.4 is 9.47 Å². The maximum Gasteiger partial charge on any atom is 0.267 e. The molecule has 2 heterocycles. The van der Waals surface area contributed by atoms with Gasteiger partial charge in [-0.1, -0.05) is 29.8 Å². The topological polar surface area (TPSA) is 74.6 Å². The van der Waals surface area contributed by atoms with Crippen molar-refractivity contribution in [1.29, 1.82) is 0 Å². The second-order valence-electron chi connectivity index (χ2n) is 6.97. The zero-order valence-corrected chi connectivity index (χ0v) is 17.3. The van der Waals surface area contributed by atoms with Crippen molar-refractivity contribution < 1.29 is 22.7 Å². The third kappa shape index (κ3) is 4.02. The predicted octanol–water partition coefficient (Wildman–Crippen LogP) is 4.09. The van der Waals surface area contributed by atoms with Crippen molar-refractivity contribution in [3.8, 4) is 11.5 Å². The zero-order valence-electron chi connectivity index (χ0n) is 16.4. The van der Waals surface area contributed by atoms with Crippen molar-refractivity contribution in [1.82, 2.24) is 3.97 Å². The quantitative estimate of drug-likeness (QED) is 0.456. The zero-order chi connectivity index (χ0) is 21.1. The van der Waals surface area contributed by atoms with Crippen LogP contribution in [-0.2, 0) is 10.0 Å². The number of ketones is 1. The van der Waals surface area contributed by atoms with Gasteiger partial charge in [-0.25, -0.2) is 12.4 Å². The highest BCUT2D eigenvalue weighted by atomic mass is 32.2. The van der Waals surface area contributed by atoms with Crippen molar-refractivity contribution in [3.05, 3.63) is 83.7 Å². The summed E-state index contributed by atoms with van der Waals surface area (Å²) in [5.74, 6) is 0.955. The molecule has 0 fully saturated rings. The summed E-state index contributed by atoms with van der Waals surface area (Å²) in [6, 6.07) is 13.6. The molecule has 7 heteroatoms. The van der Waals surface area contributed by atoms with Crippen LogP contribution in [-0.4, -0.2) is 31.4 Å². The average molecular weight is 423 g/mol. The second-order valence-corrected chi connectivity index (χ2v) is 8.81. The Kier molecular flexibility index (Phi) is 5.46. The molecule has 0 unspecified atom stereocenters. The van der Waals surface area contributed by atoms with Gasteiger partial charge in [0.1, 0.15) is 0 Å².